The first kappa shape index (κ1) is 34.4. The van der Waals surface area contributed by atoms with Crippen LogP contribution in [0, 0.1) is 0 Å². The zero-order valence-corrected chi connectivity index (χ0v) is 22.0. The van der Waals surface area contributed by atoms with Gasteiger partial charge < -0.3 is 49.1 Å². The van der Waals surface area contributed by atoms with Gasteiger partial charge in [-0.25, -0.2) is 4.79 Å². The van der Waals surface area contributed by atoms with Gasteiger partial charge in [-0.1, -0.05) is 0 Å². The van der Waals surface area contributed by atoms with E-state index in [-0.39, 0.29) is 38.2 Å². The van der Waals surface area contributed by atoms with E-state index < -0.39 is 72.6 Å². The number of nitrogens with one attached hydrogen (secondary N) is 3. The number of aliphatic carboxylic acids is 2. The minimum Gasteiger partial charge on any atom is -0.481 e. The SMILES string of the molecule is CSCCC(N)C(=O)NC(CCCN=C(N)N)C(=O)NC(CCC(N)=O)C(=O)NC(CCC(=O)O)C(=O)O. The molecule has 0 aliphatic heterocycles. The average Bonchev–Trinajstić information content (AvgIpc) is 2.83. The molecule has 0 aromatic heterocycles. The minimum atomic E-state index is -1.56. The lowest BCUT2D eigenvalue weighted by Crippen LogP contribution is -2.57. The zero-order valence-electron chi connectivity index (χ0n) is 21.2. The first-order valence-corrected chi connectivity index (χ1v) is 13.1. The molecule has 13 N–H and O–H groups in total. The number of aliphatic imine (C=N–C) groups is 1. The molecule has 216 valence electrons. The maximum Gasteiger partial charge on any atom is 0.326 e. The number of nitrogens with two attached hydrogens (primary N) is 4. The summed E-state index contributed by atoms with van der Waals surface area (Å²) < 4.78 is 0. The van der Waals surface area contributed by atoms with Crippen molar-refractivity contribution in [3.05, 3.63) is 0 Å². The minimum absolute atomic E-state index is 0.0596. The summed E-state index contributed by atoms with van der Waals surface area (Å²) in [7, 11) is 0. The second kappa shape index (κ2) is 18.6. The highest BCUT2D eigenvalue weighted by Gasteiger charge is 2.30. The van der Waals surface area contributed by atoms with Crippen LogP contribution in [0.25, 0.3) is 0 Å². The number of carboxylic acids is 2. The summed E-state index contributed by atoms with van der Waals surface area (Å²) >= 11 is 1.49. The first-order valence-electron chi connectivity index (χ1n) is 11.7. The quantitative estimate of drug-likeness (QED) is 0.0402. The third-order valence-electron chi connectivity index (χ3n) is 5.12. The Labute approximate surface area is 224 Å². The molecule has 0 rings (SSSR count). The molecular formula is C21H38N8O8S. The Morgan fingerprint density at radius 2 is 1.32 bits per heavy atom. The van der Waals surface area contributed by atoms with E-state index in [1.807, 2.05) is 6.26 Å². The molecule has 0 aliphatic rings. The Morgan fingerprint density at radius 3 is 1.82 bits per heavy atom. The lowest BCUT2D eigenvalue weighted by molar-refractivity contribution is -0.143. The fourth-order valence-corrected chi connectivity index (χ4v) is 3.54. The second-order valence-corrected chi connectivity index (χ2v) is 9.28. The zero-order chi connectivity index (χ0) is 29.3. The number of primary amides is 1. The summed E-state index contributed by atoms with van der Waals surface area (Å²) in [6.07, 6.45) is 0.978. The molecule has 4 atom stereocenters. The van der Waals surface area contributed by atoms with E-state index in [0.29, 0.717) is 12.2 Å². The number of carbonyl (C=O) groups excluding carboxylic acids is 4. The first-order chi connectivity index (χ1) is 17.8. The molecule has 16 nitrogen and oxygen atoms in total. The highest BCUT2D eigenvalue weighted by molar-refractivity contribution is 7.98. The van der Waals surface area contributed by atoms with Crippen molar-refractivity contribution in [2.45, 2.75) is 69.1 Å². The number of rotatable bonds is 20. The van der Waals surface area contributed by atoms with Crippen molar-refractivity contribution in [1.29, 1.82) is 0 Å². The number of carbonyl (C=O) groups is 6. The Hall–Kier alpha value is -3.60. The smallest absolute Gasteiger partial charge is 0.326 e. The summed E-state index contributed by atoms with van der Waals surface area (Å²) in [4.78, 5) is 75.8. The number of nitrogens with zero attached hydrogens (tertiary/aromatic N) is 1. The molecule has 38 heavy (non-hydrogen) atoms. The molecule has 0 saturated heterocycles. The molecule has 4 unspecified atom stereocenters. The van der Waals surface area contributed by atoms with Crippen molar-refractivity contribution in [1.82, 2.24) is 16.0 Å². The molecule has 17 heteroatoms. The van der Waals surface area contributed by atoms with Crippen LogP contribution < -0.4 is 38.9 Å². The molecule has 0 fully saturated rings. The summed E-state index contributed by atoms with van der Waals surface area (Å²) in [6.45, 7) is 0.149. The van der Waals surface area contributed by atoms with Crippen molar-refractivity contribution in [2.75, 3.05) is 18.6 Å². The Morgan fingerprint density at radius 1 is 0.789 bits per heavy atom. The van der Waals surface area contributed by atoms with Gasteiger partial charge >= 0.3 is 11.9 Å². The fraction of sp³-hybridized carbons (Fsp3) is 0.667. The number of hydrogen-bond donors (Lipinski definition) is 9. The van der Waals surface area contributed by atoms with E-state index in [9.17, 15) is 33.9 Å². The van der Waals surface area contributed by atoms with Crippen LogP contribution in [0.2, 0.25) is 0 Å². The van der Waals surface area contributed by atoms with Crippen molar-refractivity contribution in [3.8, 4) is 0 Å². The molecule has 4 amide bonds. The molecule has 0 bridgehead atoms. The van der Waals surface area contributed by atoms with Gasteiger partial charge in [0.05, 0.1) is 6.04 Å². The molecule has 0 spiro atoms. The molecule has 0 aromatic carbocycles. The lowest BCUT2D eigenvalue weighted by atomic mass is 10.1. The van der Waals surface area contributed by atoms with E-state index in [0.717, 1.165) is 0 Å². The van der Waals surface area contributed by atoms with Gasteiger partial charge in [0.15, 0.2) is 5.96 Å². The summed E-state index contributed by atoms with van der Waals surface area (Å²) in [6, 6.07) is -5.03. The molecule has 0 aromatic rings. The molecular weight excluding hydrogens is 524 g/mol. The summed E-state index contributed by atoms with van der Waals surface area (Å²) in [5, 5.41) is 25.2. The van der Waals surface area contributed by atoms with Crippen LogP contribution in [0.1, 0.15) is 44.9 Å². The highest BCUT2D eigenvalue weighted by Crippen LogP contribution is 2.06. The van der Waals surface area contributed by atoms with Crippen molar-refractivity contribution >= 4 is 53.3 Å². The van der Waals surface area contributed by atoms with E-state index in [2.05, 4.69) is 20.9 Å². The Balaban J connectivity index is 5.67. The average molecular weight is 563 g/mol. The molecule has 0 heterocycles. The monoisotopic (exact) mass is 562 g/mol. The van der Waals surface area contributed by atoms with Crippen LogP contribution >= 0.6 is 11.8 Å². The highest BCUT2D eigenvalue weighted by atomic mass is 32.2. The van der Waals surface area contributed by atoms with Gasteiger partial charge in [0.25, 0.3) is 0 Å². The fourth-order valence-electron chi connectivity index (χ4n) is 3.05. The van der Waals surface area contributed by atoms with Gasteiger partial charge in [-0.3, -0.25) is 29.0 Å². The van der Waals surface area contributed by atoms with Crippen molar-refractivity contribution in [2.24, 2.45) is 27.9 Å². The topological polar surface area (TPSA) is 295 Å². The third-order valence-corrected chi connectivity index (χ3v) is 5.77. The maximum absolute atomic E-state index is 13.1. The number of hydrogen-bond acceptors (Lipinski definition) is 9. The van der Waals surface area contributed by atoms with E-state index in [1.165, 1.54) is 11.8 Å². The Bertz CT molecular complexity index is 868. The van der Waals surface area contributed by atoms with Gasteiger partial charge in [0, 0.05) is 19.4 Å². The van der Waals surface area contributed by atoms with E-state index >= 15 is 0 Å². The largest absolute Gasteiger partial charge is 0.481 e. The van der Waals surface area contributed by atoms with Gasteiger partial charge in [-0.2, -0.15) is 11.8 Å². The lowest BCUT2D eigenvalue weighted by Gasteiger charge is -2.25. The number of thioether (sulfide) groups is 1. The molecule has 0 radical (unpaired) electrons. The van der Waals surface area contributed by atoms with Gasteiger partial charge in [-0.15, -0.1) is 0 Å². The van der Waals surface area contributed by atoms with Gasteiger partial charge in [-0.05, 0) is 44.1 Å². The Kier molecular flexibility index (Phi) is 16.9. The van der Waals surface area contributed by atoms with Crippen LogP contribution in [-0.4, -0.2) is 94.5 Å². The standard InChI is InChI=1S/C21H38N8O8S/c1-38-10-8-11(22)17(33)27-12(3-2-9-26-21(24)25)18(34)28-13(4-6-15(23)30)19(35)29-14(20(36)37)5-7-16(31)32/h11-14H,2-10,22H2,1H3,(H2,23,30)(H,27,33)(H,28,34)(H,29,35)(H,31,32)(H,36,37)(H4,24,25,26). The number of guanidine groups is 1. The predicted octanol–water partition coefficient (Wildman–Crippen LogP) is -3.21. The van der Waals surface area contributed by atoms with Gasteiger partial charge in [0.1, 0.15) is 18.1 Å². The number of carboxylic acid groups (broad SMARTS) is 2. The normalized spacial score (nSPS) is 13.7. The van der Waals surface area contributed by atoms with Crippen molar-refractivity contribution in [3.63, 3.8) is 0 Å². The number of amides is 4. The van der Waals surface area contributed by atoms with Crippen LogP contribution in [0.4, 0.5) is 0 Å². The summed E-state index contributed by atoms with van der Waals surface area (Å²) in [5.41, 5.74) is 21.6. The van der Waals surface area contributed by atoms with Crippen LogP contribution in [0.3, 0.4) is 0 Å². The van der Waals surface area contributed by atoms with E-state index in [4.69, 9.17) is 28.0 Å². The van der Waals surface area contributed by atoms with E-state index in [1.54, 1.807) is 0 Å². The maximum atomic E-state index is 13.1. The van der Waals surface area contributed by atoms with Crippen LogP contribution in [0.15, 0.2) is 4.99 Å². The molecule has 0 saturated carbocycles. The molecule has 0 aliphatic carbocycles. The van der Waals surface area contributed by atoms with Crippen molar-refractivity contribution < 1.29 is 39.0 Å². The van der Waals surface area contributed by atoms with Crippen LogP contribution in [0.5, 0.6) is 0 Å². The van der Waals surface area contributed by atoms with Gasteiger partial charge in [0.2, 0.25) is 23.6 Å². The third kappa shape index (κ3) is 15.5. The van der Waals surface area contributed by atoms with Crippen LogP contribution in [-0.2, 0) is 28.8 Å². The second-order valence-electron chi connectivity index (χ2n) is 8.30. The summed E-state index contributed by atoms with van der Waals surface area (Å²) in [5.74, 6) is -5.45. The predicted molar refractivity (Wildman–Crippen MR) is 140 cm³/mol.